The van der Waals surface area contributed by atoms with Gasteiger partial charge in [0.25, 0.3) is 0 Å². The average molecular weight is 357 g/mol. The van der Waals surface area contributed by atoms with Crippen molar-refractivity contribution in [1.82, 2.24) is 25.5 Å². The van der Waals surface area contributed by atoms with Gasteiger partial charge in [-0.15, -0.1) is 10.2 Å². The van der Waals surface area contributed by atoms with E-state index >= 15 is 0 Å². The fourth-order valence-corrected chi connectivity index (χ4v) is 2.25. The van der Waals surface area contributed by atoms with Crippen LogP contribution in [0.1, 0.15) is 53.5 Å². The number of hydrogen-bond donors (Lipinski definition) is 2. The molecular formula is C17H19N5O4. The number of carbonyl (C=O) groups excluding carboxylic acids is 2. The van der Waals surface area contributed by atoms with Crippen LogP contribution in [-0.2, 0) is 16.7 Å². The Kier molecular flexibility index (Phi) is 4.45. The van der Waals surface area contributed by atoms with Crippen molar-refractivity contribution in [3.8, 4) is 0 Å². The highest BCUT2D eigenvalue weighted by Gasteiger charge is 2.24. The summed E-state index contributed by atoms with van der Waals surface area (Å²) in [6.45, 7) is 5.89. The molecule has 0 spiro atoms. The molecule has 0 saturated carbocycles. The molecule has 3 aromatic rings. The van der Waals surface area contributed by atoms with E-state index in [4.69, 9.17) is 9.15 Å². The second-order valence-electron chi connectivity index (χ2n) is 6.75. The number of carbonyl (C=O) groups is 2. The summed E-state index contributed by atoms with van der Waals surface area (Å²) in [5, 5.41) is 10.3. The number of aromatic amines is 1. The van der Waals surface area contributed by atoms with Crippen LogP contribution >= 0.6 is 0 Å². The molecule has 26 heavy (non-hydrogen) atoms. The monoisotopic (exact) mass is 357 g/mol. The number of imidazole rings is 1. The summed E-state index contributed by atoms with van der Waals surface area (Å²) >= 11 is 0. The zero-order valence-corrected chi connectivity index (χ0v) is 14.9. The number of esters is 1. The quantitative estimate of drug-likeness (QED) is 0.684. The first kappa shape index (κ1) is 17.6. The third-order valence-corrected chi connectivity index (χ3v) is 3.63. The SMILES string of the molecule is COC(=O)c1ccc2nc(CNC(=O)c3nnc(C(C)(C)C)o3)[nH]c2c1. The van der Waals surface area contributed by atoms with Gasteiger partial charge in [0.15, 0.2) is 0 Å². The van der Waals surface area contributed by atoms with Crippen molar-refractivity contribution in [3.63, 3.8) is 0 Å². The molecule has 0 aliphatic heterocycles. The van der Waals surface area contributed by atoms with Crippen molar-refractivity contribution in [2.45, 2.75) is 32.7 Å². The summed E-state index contributed by atoms with van der Waals surface area (Å²) in [6.07, 6.45) is 0. The Morgan fingerprint density at radius 3 is 2.69 bits per heavy atom. The van der Waals surface area contributed by atoms with Crippen LogP contribution in [0.5, 0.6) is 0 Å². The van der Waals surface area contributed by atoms with Gasteiger partial charge in [0.2, 0.25) is 5.89 Å². The molecule has 1 aromatic carbocycles. The number of amides is 1. The van der Waals surface area contributed by atoms with Gasteiger partial charge < -0.3 is 19.5 Å². The van der Waals surface area contributed by atoms with Gasteiger partial charge in [0.05, 0.1) is 30.3 Å². The number of hydrogen-bond acceptors (Lipinski definition) is 7. The fraction of sp³-hybridized carbons (Fsp3) is 0.353. The van der Waals surface area contributed by atoms with Gasteiger partial charge in [-0.2, -0.15) is 0 Å². The number of fused-ring (bicyclic) bond motifs is 1. The normalized spacial score (nSPS) is 11.5. The molecule has 136 valence electrons. The molecule has 1 amide bonds. The van der Waals surface area contributed by atoms with Crippen LogP contribution in [0.15, 0.2) is 22.6 Å². The molecule has 0 aliphatic carbocycles. The van der Waals surface area contributed by atoms with Crippen LogP contribution < -0.4 is 5.32 Å². The Hall–Kier alpha value is -3.23. The first-order valence-corrected chi connectivity index (χ1v) is 7.97. The second-order valence-corrected chi connectivity index (χ2v) is 6.75. The average Bonchev–Trinajstić information content (AvgIpc) is 3.24. The number of aromatic nitrogens is 4. The Labute approximate surface area is 149 Å². The van der Waals surface area contributed by atoms with Crippen LogP contribution in [0.25, 0.3) is 11.0 Å². The van der Waals surface area contributed by atoms with Crippen molar-refractivity contribution >= 4 is 22.9 Å². The Morgan fingerprint density at radius 2 is 2.04 bits per heavy atom. The van der Waals surface area contributed by atoms with E-state index in [0.717, 1.165) is 0 Å². The van der Waals surface area contributed by atoms with Gasteiger partial charge >= 0.3 is 17.8 Å². The molecule has 2 heterocycles. The Morgan fingerprint density at radius 1 is 1.27 bits per heavy atom. The molecule has 0 saturated heterocycles. The molecule has 0 radical (unpaired) electrons. The fourth-order valence-electron chi connectivity index (χ4n) is 2.25. The lowest BCUT2D eigenvalue weighted by Crippen LogP contribution is -2.23. The number of nitrogens with one attached hydrogen (secondary N) is 2. The predicted molar refractivity (Wildman–Crippen MR) is 91.6 cm³/mol. The van der Waals surface area contributed by atoms with E-state index in [2.05, 4.69) is 25.5 Å². The van der Waals surface area contributed by atoms with E-state index in [1.54, 1.807) is 18.2 Å². The first-order valence-electron chi connectivity index (χ1n) is 7.97. The zero-order chi connectivity index (χ0) is 18.9. The summed E-state index contributed by atoms with van der Waals surface area (Å²) in [4.78, 5) is 31.1. The van der Waals surface area contributed by atoms with Crippen molar-refractivity contribution < 1.29 is 18.7 Å². The van der Waals surface area contributed by atoms with Crippen molar-refractivity contribution in [2.75, 3.05) is 7.11 Å². The van der Waals surface area contributed by atoms with E-state index in [9.17, 15) is 9.59 Å². The second kappa shape index (κ2) is 6.58. The number of methoxy groups -OCH3 is 1. The Bertz CT molecular complexity index is 967. The largest absolute Gasteiger partial charge is 0.465 e. The molecule has 0 bridgehead atoms. The molecule has 9 nitrogen and oxygen atoms in total. The summed E-state index contributed by atoms with van der Waals surface area (Å²) in [5.74, 6) is -0.0854. The summed E-state index contributed by atoms with van der Waals surface area (Å²) < 4.78 is 10.1. The molecule has 3 rings (SSSR count). The van der Waals surface area contributed by atoms with Gasteiger partial charge in [-0.3, -0.25) is 4.79 Å². The molecular weight excluding hydrogens is 338 g/mol. The number of H-pyrrole nitrogens is 1. The van der Waals surface area contributed by atoms with Crippen LogP contribution in [0.2, 0.25) is 0 Å². The maximum absolute atomic E-state index is 12.1. The zero-order valence-electron chi connectivity index (χ0n) is 14.9. The van der Waals surface area contributed by atoms with E-state index < -0.39 is 11.9 Å². The van der Waals surface area contributed by atoms with Crippen molar-refractivity contribution in [1.29, 1.82) is 0 Å². The van der Waals surface area contributed by atoms with Gasteiger partial charge in [-0.1, -0.05) is 20.8 Å². The lowest BCUT2D eigenvalue weighted by atomic mass is 9.97. The van der Waals surface area contributed by atoms with Crippen LogP contribution in [0, 0.1) is 0 Å². The molecule has 0 aliphatic rings. The van der Waals surface area contributed by atoms with Gasteiger partial charge in [0, 0.05) is 5.41 Å². The number of nitrogens with zero attached hydrogens (tertiary/aromatic N) is 3. The van der Waals surface area contributed by atoms with Crippen LogP contribution in [-0.4, -0.2) is 39.2 Å². The molecule has 0 atom stereocenters. The summed E-state index contributed by atoms with van der Waals surface area (Å²) in [5.41, 5.74) is 1.43. The summed E-state index contributed by atoms with van der Waals surface area (Å²) in [6, 6.07) is 4.98. The minimum absolute atomic E-state index is 0.0981. The molecule has 0 unspecified atom stereocenters. The van der Waals surface area contributed by atoms with E-state index in [-0.39, 0.29) is 17.9 Å². The van der Waals surface area contributed by atoms with Crippen LogP contribution in [0.3, 0.4) is 0 Å². The minimum atomic E-state index is -0.483. The Balaban J connectivity index is 1.70. The highest BCUT2D eigenvalue weighted by atomic mass is 16.5. The standard InChI is InChI=1S/C17H19N5O4/c1-17(2,3)16-22-21-14(26-16)13(23)18-8-12-19-10-6-5-9(15(24)25-4)7-11(10)20-12/h5-7H,8H2,1-4H3,(H,18,23)(H,19,20). The molecule has 2 N–H and O–H groups in total. The third kappa shape index (κ3) is 3.56. The minimum Gasteiger partial charge on any atom is -0.465 e. The topological polar surface area (TPSA) is 123 Å². The van der Waals surface area contributed by atoms with Gasteiger partial charge in [0.1, 0.15) is 5.82 Å². The van der Waals surface area contributed by atoms with Crippen molar-refractivity contribution in [2.24, 2.45) is 0 Å². The van der Waals surface area contributed by atoms with E-state index in [1.165, 1.54) is 7.11 Å². The van der Waals surface area contributed by atoms with Gasteiger partial charge in [-0.05, 0) is 18.2 Å². The van der Waals surface area contributed by atoms with E-state index in [0.29, 0.717) is 28.3 Å². The first-order chi connectivity index (χ1) is 12.3. The number of ether oxygens (including phenoxy) is 1. The summed E-state index contributed by atoms with van der Waals surface area (Å²) in [7, 11) is 1.32. The molecule has 2 aromatic heterocycles. The third-order valence-electron chi connectivity index (χ3n) is 3.63. The number of benzene rings is 1. The predicted octanol–water partition coefficient (Wildman–Crippen LogP) is 1.96. The van der Waals surface area contributed by atoms with Gasteiger partial charge in [-0.25, -0.2) is 9.78 Å². The lowest BCUT2D eigenvalue weighted by molar-refractivity contribution is 0.0600. The van der Waals surface area contributed by atoms with Crippen molar-refractivity contribution in [3.05, 3.63) is 41.4 Å². The smallest absolute Gasteiger partial charge is 0.337 e. The van der Waals surface area contributed by atoms with Crippen LogP contribution in [0.4, 0.5) is 0 Å². The highest BCUT2D eigenvalue weighted by Crippen LogP contribution is 2.20. The highest BCUT2D eigenvalue weighted by molar-refractivity contribution is 5.93. The maximum atomic E-state index is 12.1. The molecule has 9 heteroatoms. The molecule has 0 fully saturated rings. The lowest BCUT2D eigenvalue weighted by Gasteiger charge is -2.10. The number of rotatable bonds is 4. The van der Waals surface area contributed by atoms with E-state index in [1.807, 2.05) is 20.8 Å². The maximum Gasteiger partial charge on any atom is 0.337 e.